The van der Waals surface area contributed by atoms with Gasteiger partial charge in [-0.25, -0.2) is 14.6 Å². The maximum absolute atomic E-state index is 12.7. The van der Waals surface area contributed by atoms with Crippen LogP contribution in [-0.4, -0.2) is 34.4 Å². The predicted molar refractivity (Wildman–Crippen MR) is 125 cm³/mol. The van der Waals surface area contributed by atoms with E-state index < -0.39 is 5.76 Å². The third kappa shape index (κ3) is 4.29. The van der Waals surface area contributed by atoms with Crippen LogP contribution in [0.5, 0.6) is 5.75 Å². The summed E-state index contributed by atoms with van der Waals surface area (Å²) >= 11 is 5.63. The van der Waals surface area contributed by atoms with Crippen LogP contribution in [0.1, 0.15) is 30.9 Å². The second-order valence-electron chi connectivity index (χ2n) is 8.42. The first-order valence-corrected chi connectivity index (χ1v) is 10.9. The van der Waals surface area contributed by atoms with Gasteiger partial charge >= 0.3 is 5.76 Å². The molecular formula is C23H24BN3O3S. The van der Waals surface area contributed by atoms with Gasteiger partial charge in [-0.2, -0.15) is 0 Å². The number of fused-ring (bicyclic) bond motifs is 1. The van der Waals surface area contributed by atoms with Crippen LogP contribution in [0.15, 0.2) is 45.6 Å². The number of phenolic OH excluding ortho intramolecular Hbond substituents is 1. The highest BCUT2D eigenvalue weighted by molar-refractivity contribution is 7.71. The summed E-state index contributed by atoms with van der Waals surface area (Å²) in [4.78, 5) is 15.0. The molecule has 0 saturated carbocycles. The zero-order valence-electron chi connectivity index (χ0n) is 17.7. The maximum atomic E-state index is 12.7. The third-order valence-electron chi connectivity index (χ3n) is 5.94. The molecule has 1 fully saturated rings. The van der Waals surface area contributed by atoms with E-state index in [9.17, 15) is 9.90 Å². The number of aromatic nitrogens is 1. The fraction of sp³-hybridized carbons (Fsp3) is 0.348. The number of nitrogens with zero attached hydrogens (tertiary/aromatic N) is 3. The van der Waals surface area contributed by atoms with Crippen molar-refractivity contribution in [2.45, 2.75) is 39.0 Å². The Balaban J connectivity index is 1.64. The zero-order chi connectivity index (χ0) is 22.1. The summed E-state index contributed by atoms with van der Waals surface area (Å²) in [5.74, 6) is 1.98. The van der Waals surface area contributed by atoms with Crippen molar-refractivity contribution in [3.8, 4) is 17.4 Å². The van der Waals surface area contributed by atoms with Crippen LogP contribution in [-0.2, 0) is 6.54 Å². The number of benzene rings is 2. The monoisotopic (exact) mass is 433 g/mol. The van der Waals surface area contributed by atoms with Crippen molar-refractivity contribution >= 4 is 29.9 Å². The van der Waals surface area contributed by atoms with Crippen LogP contribution in [0.4, 0.5) is 0 Å². The highest BCUT2D eigenvalue weighted by Gasteiger charge is 2.22. The summed E-state index contributed by atoms with van der Waals surface area (Å²) in [7, 11) is 0. The minimum Gasteiger partial charge on any atom is -0.508 e. The third-order valence-corrected chi connectivity index (χ3v) is 6.34. The summed E-state index contributed by atoms with van der Waals surface area (Å²) in [6, 6.07) is 11.0. The highest BCUT2D eigenvalue weighted by atomic mass is 32.1. The van der Waals surface area contributed by atoms with Crippen LogP contribution in [0.3, 0.4) is 0 Å². The van der Waals surface area contributed by atoms with Gasteiger partial charge in [0.25, 0.3) is 6.71 Å². The molecule has 0 spiro atoms. The molecule has 0 radical (unpaired) electrons. The van der Waals surface area contributed by atoms with E-state index in [4.69, 9.17) is 21.9 Å². The first-order valence-electron chi connectivity index (χ1n) is 10.5. The predicted octanol–water partition coefficient (Wildman–Crippen LogP) is 4.52. The van der Waals surface area contributed by atoms with Crippen molar-refractivity contribution < 1.29 is 9.52 Å². The molecule has 1 aromatic heterocycles. The van der Waals surface area contributed by atoms with Crippen molar-refractivity contribution in [3.05, 3.63) is 62.7 Å². The van der Waals surface area contributed by atoms with Gasteiger partial charge in [0.2, 0.25) is 0 Å². The molecule has 0 amide bonds. The standard InChI is InChI=1S/C23H24BN3O3S/c1-15(2)18-11-19-21(12-20(18)28)30-23(29)27(22(19)31)17-5-3-16(4-6-17)13-26-9-7-24(14-25)8-10-26/h3-6,11-12,15,28H,7-10,13H2,1-2H3. The summed E-state index contributed by atoms with van der Waals surface area (Å²) in [6.07, 6.45) is 1.83. The smallest absolute Gasteiger partial charge is 0.425 e. The summed E-state index contributed by atoms with van der Waals surface area (Å²) < 4.78 is 7.21. The molecule has 158 valence electrons. The molecule has 0 atom stereocenters. The maximum Gasteiger partial charge on any atom is 0.425 e. The number of rotatable bonds is 4. The fourth-order valence-electron chi connectivity index (χ4n) is 4.09. The van der Waals surface area contributed by atoms with Gasteiger partial charge in [-0.15, -0.1) is 0 Å². The Morgan fingerprint density at radius 2 is 1.90 bits per heavy atom. The molecule has 0 bridgehead atoms. The molecule has 6 nitrogen and oxygen atoms in total. The molecule has 1 N–H and O–H groups in total. The summed E-state index contributed by atoms with van der Waals surface area (Å²) in [6.45, 7) is 6.80. The minimum atomic E-state index is -0.583. The lowest BCUT2D eigenvalue weighted by Gasteiger charge is -2.27. The number of aromatic hydroxyl groups is 1. The Morgan fingerprint density at radius 1 is 1.23 bits per heavy atom. The Kier molecular flexibility index (Phi) is 5.99. The van der Waals surface area contributed by atoms with Gasteiger partial charge in [-0.05, 0) is 61.0 Å². The molecule has 2 aromatic carbocycles. The molecule has 31 heavy (non-hydrogen) atoms. The largest absolute Gasteiger partial charge is 0.508 e. The number of phenols is 1. The van der Waals surface area contributed by atoms with Gasteiger partial charge in [-0.3, -0.25) is 0 Å². The number of nitriles is 1. The Morgan fingerprint density at radius 3 is 2.52 bits per heavy atom. The summed E-state index contributed by atoms with van der Waals surface area (Å²) in [5, 5.41) is 19.9. The van der Waals surface area contributed by atoms with Crippen molar-refractivity contribution in [1.29, 1.82) is 5.26 Å². The Labute approximate surface area is 186 Å². The van der Waals surface area contributed by atoms with Crippen molar-refractivity contribution in [2.75, 3.05) is 13.1 Å². The SMILES string of the molecule is CC(C)c1cc2c(=S)n(-c3ccc(CN4CCB(C#N)CC4)cc3)c(=O)oc2cc1O. The van der Waals surface area contributed by atoms with E-state index in [0.717, 1.165) is 43.4 Å². The quantitative estimate of drug-likeness (QED) is 0.482. The average molecular weight is 433 g/mol. The van der Waals surface area contributed by atoms with Crippen LogP contribution in [0, 0.1) is 15.9 Å². The Bertz CT molecular complexity index is 1270. The molecule has 1 aliphatic rings. The lowest BCUT2D eigenvalue weighted by Crippen LogP contribution is -2.36. The number of hydrogen-bond acceptors (Lipinski definition) is 6. The van der Waals surface area contributed by atoms with E-state index in [0.29, 0.717) is 15.7 Å². The minimum absolute atomic E-state index is 0.0981. The van der Waals surface area contributed by atoms with Crippen LogP contribution < -0.4 is 5.76 Å². The van der Waals surface area contributed by atoms with E-state index in [-0.39, 0.29) is 24.0 Å². The van der Waals surface area contributed by atoms with Crippen LogP contribution in [0.25, 0.3) is 16.7 Å². The molecule has 2 heterocycles. The van der Waals surface area contributed by atoms with Crippen molar-refractivity contribution in [2.24, 2.45) is 0 Å². The second kappa shape index (κ2) is 8.70. The first-order chi connectivity index (χ1) is 14.9. The lowest BCUT2D eigenvalue weighted by molar-refractivity contribution is 0.284. The fourth-order valence-corrected chi connectivity index (χ4v) is 4.43. The summed E-state index contributed by atoms with van der Waals surface area (Å²) in [5.41, 5.74) is 2.83. The molecule has 1 aliphatic heterocycles. The van der Waals surface area contributed by atoms with E-state index >= 15 is 0 Å². The average Bonchev–Trinajstić information content (AvgIpc) is 2.75. The van der Waals surface area contributed by atoms with Gasteiger partial charge in [0.05, 0.1) is 11.1 Å². The first kappa shape index (κ1) is 21.4. The molecule has 3 aromatic rings. The van der Waals surface area contributed by atoms with E-state index in [2.05, 4.69) is 10.9 Å². The van der Waals surface area contributed by atoms with E-state index in [1.54, 1.807) is 6.07 Å². The van der Waals surface area contributed by atoms with E-state index in [1.165, 1.54) is 10.6 Å². The van der Waals surface area contributed by atoms with Gasteiger partial charge < -0.3 is 14.4 Å². The number of hydrogen-bond donors (Lipinski definition) is 1. The zero-order valence-corrected chi connectivity index (χ0v) is 18.5. The van der Waals surface area contributed by atoms with Crippen LogP contribution in [0.2, 0.25) is 12.6 Å². The van der Waals surface area contributed by atoms with E-state index in [1.807, 2.05) is 38.1 Å². The van der Waals surface area contributed by atoms with Crippen molar-refractivity contribution in [3.63, 3.8) is 0 Å². The second-order valence-corrected chi connectivity index (χ2v) is 8.80. The highest BCUT2D eigenvalue weighted by Crippen LogP contribution is 2.30. The van der Waals surface area contributed by atoms with Crippen LogP contribution >= 0.6 is 12.2 Å². The molecule has 8 heteroatoms. The van der Waals surface area contributed by atoms with Gasteiger partial charge in [-0.1, -0.05) is 38.2 Å². The molecular weight excluding hydrogens is 409 g/mol. The topological polar surface area (TPSA) is 82.4 Å². The van der Waals surface area contributed by atoms with Gasteiger partial charge in [0, 0.05) is 18.6 Å². The van der Waals surface area contributed by atoms with Gasteiger partial charge in [0.15, 0.2) is 0 Å². The van der Waals surface area contributed by atoms with Crippen molar-refractivity contribution in [1.82, 2.24) is 9.47 Å². The molecule has 0 aliphatic carbocycles. The Hall–Kier alpha value is -2.89. The molecule has 4 rings (SSSR count). The van der Waals surface area contributed by atoms with Gasteiger partial charge in [0.1, 0.15) is 16.0 Å². The molecule has 0 unspecified atom stereocenters. The lowest BCUT2D eigenvalue weighted by atomic mass is 9.45. The molecule has 1 saturated heterocycles. The normalized spacial score (nSPS) is 14.8.